The Labute approximate surface area is 47.2 Å². The van der Waals surface area contributed by atoms with Crippen molar-refractivity contribution in [2.75, 3.05) is 0 Å². The quantitative estimate of drug-likeness (QED) is 0.371. The third-order valence-electron chi connectivity index (χ3n) is 0.200. The minimum Gasteiger partial charge on any atom is -0.281 e. The number of hydrogen-bond acceptors (Lipinski definition) is 4. The van der Waals surface area contributed by atoms with Crippen molar-refractivity contribution >= 4 is 25.1 Å². The topological polar surface area (TPSA) is 88.5 Å². The van der Waals surface area contributed by atoms with Crippen LogP contribution in [0.4, 0.5) is 0 Å². The Hall–Kier alpha value is -0.400. The van der Waals surface area contributed by atoms with E-state index in [2.05, 4.69) is 0 Å². The van der Waals surface area contributed by atoms with Gasteiger partial charge < -0.3 is 0 Å². The normalized spacial score (nSPS) is 10.6. The maximum Gasteiger partial charge on any atom is 0.302 e. The van der Waals surface area contributed by atoms with Gasteiger partial charge in [-0.15, -0.1) is 0 Å². The van der Waals surface area contributed by atoms with Crippen molar-refractivity contribution in [3.05, 3.63) is 0 Å². The van der Waals surface area contributed by atoms with Gasteiger partial charge in [0.1, 0.15) is 0 Å². The van der Waals surface area contributed by atoms with Gasteiger partial charge in [0.2, 0.25) is 10.3 Å². The molecule has 8 heavy (non-hydrogen) atoms. The molecule has 0 saturated heterocycles. The van der Waals surface area contributed by atoms with Crippen LogP contribution >= 0.6 is 0 Å². The third kappa shape index (κ3) is 5.60. The zero-order chi connectivity index (χ0) is 6.78. The highest BCUT2D eigenvalue weighted by atomic mass is 32.3. The first-order valence-electron chi connectivity index (χ1n) is 1.32. The van der Waals surface area contributed by atoms with Crippen LogP contribution in [-0.4, -0.2) is 26.1 Å². The highest BCUT2D eigenvalue weighted by Crippen LogP contribution is 1.67. The SMILES string of the molecule is O=S(=O)=CS(=O)(=O)O. The van der Waals surface area contributed by atoms with Crippen LogP contribution in [0.3, 0.4) is 0 Å². The molecule has 0 aliphatic heterocycles. The van der Waals surface area contributed by atoms with Crippen molar-refractivity contribution in [2.24, 2.45) is 0 Å². The first kappa shape index (κ1) is 7.60. The average Bonchev–Trinajstić information content (AvgIpc) is 1.21. The summed E-state index contributed by atoms with van der Waals surface area (Å²) in [4.78, 5) is 0. The van der Waals surface area contributed by atoms with E-state index in [4.69, 9.17) is 4.55 Å². The standard InChI is InChI=1S/CH2O5S2/c2-7(3)1-8(4,5)6/h1H,(H,4,5,6). The van der Waals surface area contributed by atoms with Gasteiger partial charge in [-0.05, 0) is 0 Å². The minimum absolute atomic E-state index is 0.201. The first-order valence-corrected chi connectivity index (χ1v) is 3.96. The monoisotopic (exact) mass is 158 g/mol. The fourth-order valence-corrected chi connectivity index (χ4v) is 0.894. The highest BCUT2D eigenvalue weighted by Gasteiger charge is 1.95. The molecule has 48 valence electrons. The molecule has 0 amide bonds. The molecule has 0 radical (unpaired) electrons. The molecule has 0 saturated carbocycles. The molecule has 0 aromatic carbocycles. The Balaban J connectivity index is 4.93. The summed E-state index contributed by atoms with van der Waals surface area (Å²) in [6, 6.07) is 0. The fourth-order valence-electron chi connectivity index (χ4n) is 0.0993. The van der Waals surface area contributed by atoms with Crippen molar-refractivity contribution in [2.45, 2.75) is 0 Å². The molecule has 0 aliphatic rings. The third-order valence-corrected chi connectivity index (χ3v) is 1.80. The fraction of sp³-hybridized carbons (Fsp3) is 0. The van der Waals surface area contributed by atoms with E-state index in [1.807, 2.05) is 0 Å². The lowest BCUT2D eigenvalue weighted by Crippen LogP contribution is -1.97. The van der Waals surface area contributed by atoms with Gasteiger partial charge in [0.15, 0.2) is 4.70 Å². The lowest BCUT2D eigenvalue weighted by Gasteiger charge is -1.71. The van der Waals surface area contributed by atoms with Crippen LogP contribution in [-0.2, 0) is 20.4 Å². The van der Waals surface area contributed by atoms with Crippen LogP contribution in [0.5, 0.6) is 0 Å². The molecule has 0 atom stereocenters. The second-order valence-electron chi connectivity index (χ2n) is 0.872. The van der Waals surface area contributed by atoms with Crippen molar-refractivity contribution < 1.29 is 21.4 Å². The molecule has 0 fully saturated rings. The second kappa shape index (κ2) is 2.25. The van der Waals surface area contributed by atoms with E-state index in [9.17, 15) is 16.8 Å². The summed E-state index contributed by atoms with van der Waals surface area (Å²) in [5.41, 5.74) is 0. The van der Waals surface area contributed by atoms with Crippen LogP contribution in [0.1, 0.15) is 0 Å². The average molecular weight is 158 g/mol. The predicted molar refractivity (Wildman–Crippen MR) is 26.5 cm³/mol. The van der Waals surface area contributed by atoms with E-state index >= 15 is 0 Å². The van der Waals surface area contributed by atoms with E-state index in [0.29, 0.717) is 0 Å². The van der Waals surface area contributed by atoms with E-state index in [1.165, 1.54) is 0 Å². The molecule has 0 heterocycles. The van der Waals surface area contributed by atoms with Gasteiger partial charge in [0.25, 0.3) is 0 Å². The van der Waals surface area contributed by atoms with Crippen molar-refractivity contribution in [3.8, 4) is 0 Å². The summed E-state index contributed by atoms with van der Waals surface area (Å²) in [5.74, 6) is 0. The summed E-state index contributed by atoms with van der Waals surface area (Å²) >= 11 is 0. The smallest absolute Gasteiger partial charge is 0.281 e. The van der Waals surface area contributed by atoms with Crippen LogP contribution in [0, 0.1) is 0 Å². The van der Waals surface area contributed by atoms with E-state index in [-0.39, 0.29) is 4.70 Å². The zero-order valence-corrected chi connectivity index (χ0v) is 5.11. The summed E-state index contributed by atoms with van der Waals surface area (Å²) in [6.45, 7) is 0. The van der Waals surface area contributed by atoms with E-state index in [1.54, 1.807) is 0 Å². The Morgan fingerprint density at radius 2 is 1.75 bits per heavy atom. The maximum absolute atomic E-state index is 9.55. The molecular formula is CH2O5S2. The molecular weight excluding hydrogens is 156 g/mol. The van der Waals surface area contributed by atoms with Crippen molar-refractivity contribution in [1.82, 2.24) is 0 Å². The van der Waals surface area contributed by atoms with E-state index in [0.717, 1.165) is 0 Å². The van der Waals surface area contributed by atoms with Crippen LogP contribution in [0.2, 0.25) is 0 Å². The summed E-state index contributed by atoms with van der Waals surface area (Å²) in [6.07, 6.45) is 0. The van der Waals surface area contributed by atoms with Crippen LogP contribution in [0.15, 0.2) is 0 Å². The molecule has 0 bridgehead atoms. The molecule has 0 rings (SSSR count). The highest BCUT2D eigenvalue weighted by molar-refractivity contribution is 8.09. The van der Waals surface area contributed by atoms with Gasteiger partial charge >= 0.3 is 10.1 Å². The molecule has 5 nitrogen and oxygen atoms in total. The Morgan fingerprint density at radius 1 is 1.38 bits per heavy atom. The summed E-state index contributed by atoms with van der Waals surface area (Å²) in [7, 11) is -7.31. The summed E-state index contributed by atoms with van der Waals surface area (Å²) in [5, 5.41) is 0. The Bertz CT molecular complexity index is 268. The lowest BCUT2D eigenvalue weighted by atomic mass is 11.9. The van der Waals surface area contributed by atoms with Crippen LogP contribution in [0.25, 0.3) is 0 Å². The molecule has 0 aromatic heterocycles. The Kier molecular flexibility index (Phi) is 2.13. The zero-order valence-electron chi connectivity index (χ0n) is 3.47. The number of hydrogen-bond donors (Lipinski definition) is 1. The van der Waals surface area contributed by atoms with E-state index < -0.39 is 20.4 Å². The van der Waals surface area contributed by atoms with Gasteiger partial charge in [-0.1, -0.05) is 0 Å². The second-order valence-corrected chi connectivity index (χ2v) is 3.19. The molecule has 0 spiro atoms. The van der Waals surface area contributed by atoms with Crippen molar-refractivity contribution in [3.63, 3.8) is 0 Å². The largest absolute Gasteiger partial charge is 0.302 e. The maximum atomic E-state index is 9.55. The molecule has 0 unspecified atom stereocenters. The molecule has 1 N–H and O–H groups in total. The van der Waals surface area contributed by atoms with Gasteiger partial charge in [-0.25, -0.2) is 0 Å². The predicted octanol–water partition coefficient (Wildman–Crippen LogP) is -1.49. The van der Waals surface area contributed by atoms with Gasteiger partial charge in [0, 0.05) is 0 Å². The molecule has 0 aromatic rings. The molecule has 7 heteroatoms. The lowest BCUT2D eigenvalue weighted by molar-refractivity contribution is 0.500. The first-order chi connectivity index (χ1) is 3.42. The van der Waals surface area contributed by atoms with Crippen LogP contribution < -0.4 is 0 Å². The minimum atomic E-state index is -4.46. The Morgan fingerprint density at radius 3 is 1.75 bits per heavy atom. The van der Waals surface area contributed by atoms with Gasteiger partial charge in [0.05, 0.1) is 0 Å². The molecule has 0 aliphatic carbocycles. The van der Waals surface area contributed by atoms with Gasteiger partial charge in [-0.2, -0.15) is 16.8 Å². The number of rotatable bonds is 1. The summed E-state index contributed by atoms with van der Waals surface area (Å²) < 4.78 is 45.4. The van der Waals surface area contributed by atoms with Crippen molar-refractivity contribution in [1.29, 1.82) is 0 Å². The van der Waals surface area contributed by atoms with Gasteiger partial charge in [-0.3, -0.25) is 4.55 Å².